The summed E-state index contributed by atoms with van der Waals surface area (Å²) in [4.78, 5) is 0. The molecule has 0 unspecified atom stereocenters. The normalized spacial score (nSPS) is 9.93. The number of nitrogen functional groups attached to an aromatic ring is 2. The number of aliphatic hydroxyl groups excluding tert-OH is 1. The zero-order valence-electron chi connectivity index (χ0n) is 8.08. The lowest BCUT2D eigenvalue weighted by molar-refractivity contribution is 0.300. The van der Waals surface area contributed by atoms with Gasteiger partial charge in [-0.05, 0) is 18.1 Å². The number of hydrogen-bond acceptors (Lipinski definition) is 5. The van der Waals surface area contributed by atoms with Gasteiger partial charge in [0.25, 0.3) is 0 Å². The van der Waals surface area contributed by atoms with E-state index >= 15 is 0 Å². The molecule has 0 spiro atoms. The van der Waals surface area contributed by atoms with Crippen molar-refractivity contribution in [3.63, 3.8) is 0 Å². The zero-order valence-corrected chi connectivity index (χ0v) is 8.08. The average Bonchev–Trinajstić information content (AvgIpc) is 2.19. The molecule has 0 amide bonds. The molecule has 0 aliphatic heterocycles. The number of anilines is 2. The Bertz CT molecular complexity index is 315. The van der Waals surface area contributed by atoms with Gasteiger partial charge in [0.2, 0.25) is 0 Å². The lowest BCUT2D eigenvalue weighted by atomic mass is 10.1. The average molecular weight is 197 g/mol. The summed E-state index contributed by atoms with van der Waals surface area (Å²) in [6, 6.07) is 3.57. The fourth-order valence-corrected chi connectivity index (χ4v) is 1.32. The van der Waals surface area contributed by atoms with Crippen molar-refractivity contribution >= 4 is 11.4 Å². The molecule has 14 heavy (non-hydrogen) atoms. The molecule has 0 fully saturated rings. The summed E-state index contributed by atoms with van der Waals surface area (Å²) in [7, 11) is 1.54. The first-order chi connectivity index (χ1) is 6.74. The predicted octanol–water partition coefficient (Wildman–Crippen LogP) is 0.0978. The van der Waals surface area contributed by atoms with Crippen molar-refractivity contribution in [3.8, 4) is 5.75 Å². The van der Waals surface area contributed by atoms with Gasteiger partial charge < -0.3 is 21.0 Å². The molecule has 0 aliphatic carbocycles. The number of methoxy groups -OCH3 is 1. The molecule has 0 aromatic heterocycles. The molecule has 78 valence electrons. The van der Waals surface area contributed by atoms with Crippen molar-refractivity contribution < 1.29 is 9.84 Å². The second-order valence-corrected chi connectivity index (χ2v) is 2.83. The summed E-state index contributed by atoms with van der Waals surface area (Å²) in [6.07, 6.45) is 0.508. The van der Waals surface area contributed by atoms with Crippen molar-refractivity contribution in [2.75, 3.05) is 24.9 Å². The maximum atomic E-state index is 8.82. The van der Waals surface area contributed by atoms with Crippen LogP contribution < -0.4 is 21.7 Å². The number of rotatable bonds is 4. The van der Waals surface area contributed by atoms with Crippen LogP contribution in [-0.4, -0.2) is 18.8 Å². The van der Waals surface area contributed by atoms with Crippen LogP contribution in [-0.2, 0) is 6.42 Å². The van der Waals surface area contributed by atoms with E-state index in [4.69, 9.17) is 21.4 Å². The van der Waals surface area contributed by atoms with Crippen LogP contribution in [0.3, 0.4) is 0 Å². The van der Waals surface area contributed by atoms with E-state index in [0.717, 1.165) is 5.56 Å². The van der Waals surface area contributed by atoms with E-state index < -0.39 is 0 Å². The monoisotopic (exact) mass is 197 g/mol. The highest BCUT2D eigenvalue weighted by Gasteiger charge is 2.09. The molecular weight excluding hydrogens is 182 g/mol. The Morgan fingerprint density at radius 1 is 1.50 bits per heavy atom. The van der Waals surface area contributed by atoms with E-state index in [2.05, 4.69) is 5.43 Å². The van der Waals surface area contributed by atoms with Crippen molar-refractivity contribution in [2.24, 2.45) is 5.84 Å². The minimum atomic E-state index is 0.0560. The van der Waals surface area contributed by atoms with Gasteiger partial charge in [0.05, 0.1) is 18.5 Å². The van der Waals surface area contributed by atoms with E-state index in [1.165, 1.54) is 7.11 Å². The predicted molar refractivity (Wildman–Crippen MR) is 56.0 cm³/mol. The fraction of sp³-hybridized carbons (Fsp3) is 0.333. The zero-order chi connectivity index (χ0) is 10.6. The summed E-state index contributed by atoms with van der Waals surface area (Å²) in [5.41, 5.74) is 10.2. The first-order valence-electron chi connectivity index (χ1n) is 4.27. The Morgan fingerprint density at radius 2 is 2.21 bits per heavy atom. The Hall–Kier alpha value is -1.46. The molecule has 0 bridgehead atoms. The summed E-state index contributed by atoms with van der Waals surface area (Å²) < 4.78 is 5.04. The summed E-state index contributed by atoms with van der Waals surface area (Å²) in [5.74, 6) is 5.91. The number of ether oxygens (including phenoxy) is 1. The van der Waals surface area contributed by atoms with Gasteiger partial charge >= 0.3 is 0 Å². The smallest absolute Gasteiger partial charge is 0.143 e. The fourth-order valence-electron chi connectivity index (χ4n) is 1.32. The third-order valence-corrected chi connectivity index (χ3v) is 2.04. The lowest BCUT2D eigenvalue weighted by Gasteiger charge is -2.13. The molecule has 1 rings (SSSR count). The van der Waals surface area contributed by atoms with Gasteiger partial charge in [-0.25, -0.2) is 0 Å². The first kappa shape index (κ1) is 10.6. The van der Waals surface area contributed by atoms with Gasteiger partial charge in [0.15, 0.2) is 0 Å². The van der Waals surface area contributed by atoms with Crippen LogP contribution in [0, 0.1) is 0 Å². The number of benzene rings is 1. The molecule has 0 atom stereocenters. The van der Waals surface area contributed by atoms with Gasteiger partial charge in [-0.3, -0.25) is 5.84 Å². The number of hydrogen-bond donors (Lipinski definition) is 4. The molecular formula is C9H15N3O2. The third-order valence-electron chi connectivity index (χ3n) is 2.04. The topological polar surface area (TPSA) is 93.5 Å². The summed E-state index contributed by atoms with van der Waals surface area (Å²) in [6.45, 7) is 0.0560. The largest absolute Gasteiger partial charge is 0.495 e. The minimum Gasteiger partial charge on any atom is -0.495 e. The maximum Gasteiger partial charge on any atom is 0.143 e. The standard InChI is InChI=1S/C9H15N3O2/c1-14-7-3-2-6(4-5-13)9(12-11)8(7)10/h2-3,12-13H,4-5,10-11H2,1H3. The van der Waals surface area contributed by atoms with E-state index in [1.807, 2.05) is 6.07 Å². The molecule has 0 saturated carbocycles. The molecule has 1 aromatic carbocycles. The number of nitrogens with two attached hydrogens (primary N) is 2. The number of hydrazine groups is 1. The molecule has 6 N–H and O–H groups in total. The van der Waals surface area contributed by atoms with E-state index in [9.17, 15) is 0 Å². The van der Waals surface area contributed by atoms with Gasteiger partial charge in [-0.15, -0.1) is 0 Å². The third kappa shape index (κ3) is 1.89. The number of aliphatic hydroxyl groups is 1. The van der Waals surface area contributed by atoms with Crippen LogP contribution in [0.2, 0.25) is 0 Å². The highest BCUT2D eigenvalue weighted by atomic mass is 16.5. The first-order valence-corrected chi connectivity index (χ1v) is 4.27. The Morgan fingerprint density at radius 3 is 2.71 bits per heavy atom. The van der Waals surface area contributed by atoms with Crippen LogP contribution in [0.15, 0.2) is 12.1 Å². The van der Waals surface area contributed by atoms with Crippen molar-refractivity contribution in [1.82, 2.24) is 0 Å². The Labute approximate surface area is 82.6 Å². The molecule has 0 radical (unpaired) electrons. The molecule has 0 heterocycles. The lowest BCUT2D eigenvalue weighted by Crippen LogP contribution is -2.13. The van der Waals surface area contributed by atoms with Gasteiger partial charge in [-0.2, -0.15) is 0 Å². The van der Waals surface area contributed by atoms with E-state index in [0.29, 0.717) is 23.5 Å². The van der Waals surface area contributed by atoms with E-state index in [1.54, 1.807) is 6.07 Å². The SMILES string of the molecule is COc1ccc(CCO)c(NN)c1N. The molecule has 0 aliphatic rings. The second kappa shape index (κ2) is 4.69. The maximum absolute atomic E-state index is 8.82. The Kier molecular flexibility index (Phi) is 3.55. The second-order valence-electron chi connectivity index (χ2n) is 2.83. The van der Waals surface area contributed by atoms with Crippen molar-refractivity contribution in [2.45, 2.75) is 6.42 Å². The van der Waals surface area contributed by atoms with Crippen LogP contribution in [0.5, 0.6) is 5.75 Å². The van der Waals surface area contributed by atoms with E-state index in [-0.39, 0.29) is 6.61 Å². The minimum absolute atomic E-state index is 0.0560. The van der Waals surface area contributed by atoms with Crippen LogP contribution in [0.1, 0.15) is 5.56 Å². The van der Waals surface area contributed by atoms with Crippen molar-refractivity contribution in [3.05, 3.63) is 17.7 Å². The summed E-state index contributed by atoms with van der Waals surface area (Å²) in [5, 5.41) is 8.82. The van der Waals surface area contributed by atoms with Gasteiger partial charge in [-0.1, -0.05) is 6.07 Å². The van der Waals surface area contributed by atoms with Gasteiger partial charge in [0, 0.05) is 6.61 Å². The molecule has 0 saturated heterocycles. The Balaban J connectivity index is 3.14. The highest BCUT2D eigenvalue weighted by Crippen LogP contribution is 2.32. The summed E-state index contributed by atoms with van der Waals surface area (Å²) >= 11 is 0. The highest BCUT2D eigenvalue weighted by molar-refractivity contribution is 5.76. The van der Waals surface area contributed by atoms with Crippen LogP contribution in [0.25, 0.3) is 0 Å². The van der Waals surface area contributed by atoms with Gasteiger partial charge in [0.1, 0.15) is 5.75 Å². The molecule has 5 nitrogen and oxygen atoms in total. The van der Waals surface area contributed by atoms with Crippen LogP contribution >= 0.6 is 0 Å². The quantitative estimate of drug-likeness (QED) is 0.312. The molecule has 1 aromatic rings. The number of nitrogens with one attached hydrogen (secondary N) is 1. The molecule has 5 heteroatoms. The van der Waals surface area contributed by atoms with Crippen LogP contribution in [0.4, 0.5) is 11.4 Å². The van der Waals surface area contributed by atoms with Crippen molar-refractivity contribution in [1.29, 1.82) is 0 Å².